The number of ether oxygens (including phenoxy) is 1. The molecule has 0 aliphatic carbocycles. The van der Waals surface area contributed by atoms with Crippen LogP contribution in [0.1, 0.15) is 29.9 Å². The van der Waals surface area contributed by atoms with E-state index >= 15 is 0 Å². The van der Waals surface area contributed by atoms with Gasteiger partial charge in [0.05, 0.1) is 25.7 Å². The highest BCUT2D eigenvalue weighted by atomic mass is 16.5. The molecule has 1 N–H and O–H groups in total. The van der Waals surface area contributed by atoms with Crippen LogP contribution in [-0.4, -0.2) is 60.3 Å². The number of carbonyl (C=O) groups excluding carboxylic acids is 1. The Kier molecular flexibility index (Phi) is 7.39. The van der Waals surface area contributed by atoms with Gasteiger partial charge in [0.1, 0.15) is 0 Å². The van der Waals surface area contributed by atoms with E-state index < -0.39 is 0 Å². The number of hydrogen-bond acceptors (Lipinski definition) is 7. The van der Waals surface area contributed by atoms with Gasteiger partial charge < -0.3 is 19.5 Å². The number of morpholine rings is 1. The SMILES string of the molecule is Cc1ccccc1-c1noc(CN2CCCC(C(=O)NCc3ccc(N4CCOCC4)cc3)C2)n1. The van der Waals surface area contributed by atoms with Crippen LogP contribution in [0, 0.1) is 12.8 Å². The maximum Gasteiger partial charge on any atom is 0.241 e. The summed E-state index contributed by atoms with van der Waals surface area (Å²) in [7, 11) is 0. The number of benzene rings is 2. The van der Waals surface area contributed by atoms with Gasteiger partial charge in [0.25, 0.3) is 0 Å². The molecule has 2 aromatic carbocycles. The molecule has 0 bridgehead atoms. The largest absolute Gasteiger partial charge is 0.378 e. The van der Waals surface area contributed by atoms with Gasteiger partial charge in [-0.3, -0.25) is 9.69 Å². The quantitative estimate of drug-likeness (QED) is 0.561. The van der Waals surface area contributed by atoms with Gasteiger partial charge in [-0.15, -0.1) is 0 Å². The molecule has 1 unspecified atom stereocenters. The molecule has 3 heterocycles. The molecule has 1 aromatic heterocycles. The van der Waals surface area contributed by atoms with E-state index in [0.717, 1.165) is 62.4 Å². The summed E-state index contributed by atoms with van der Waals surface area (Å²) in [6.45, 7) is 8.16. The summed E-state index contributed by atoms with van der Waals surface area (Å²) < 4.78 is 10.9. The highest BCUT2D eigenvalue weighted by Crippen LogP contribution is 2.23. The van der Waals surface area contributed by atoms with Gasteiger partial charge in [0.2, 0.25) is 17.6 Å². The van der Waals surface area contributed by atoms with Crippen LogP contribution in [0.15, 0.2) is 53.1 Å². The molecule has 0 spiro atoms. The van der Waals surface area contributed by atoms with E-state index in [9.17, 15) is 4.79 Å². The smallest absolute Gasteiger partial charge is 0.241 e. The fraction of sp³-hybridized carbons (Fsp3) is 0.444. The topological polar surface area (TPSA) is 83.7 Å². The molecule has 0 radical (unpaired) electrons. The van der Waals surface area contributed by atoms with Gasteiger partial charge in [-0.2, -0.15) is 4.98 Å². The number of nitrogens with one attached hydrogen (secondary N) is 1. The summed E-state index contributed by atoms with van der Waals surface area (Å²) in [5.41, 5.74) is 4.41. The van der Waals surface area contributed by atoms with Crippen molar-refractivity contribution in [3.63, 3.8) is 0 Å². The monoisotopic (exact) mass is 475 g/mol. The number of likely N-dealkylation sites (tertiary alicyclic amines) is 1. The normalized spacial score (nSPS) is 19.0. The maximum atomic E-state index is 12.9. The molecule has 8 heteroatoms. The third kappa shape index (κ3) is 5.89. The first-order chi connectivity index (χ1) is 17.2. The Labute approximate surface area is 206 Å². The first-order valence-corrected chi connectivity index (χ1v) is 12.5. The highest BCUT2D eigenvalue weighted by molar-refractivity contribution is 5.79. The summed E-state index contributed by atoms with van der Waals surface area (Å²) in [6, 6.07) is 16.5. The van der Waals surface area contributed by atoms with E-state index in [2.05, 4.69) is 49.5 Å². The molecule has 2 aliphatic heterocycles. The lowest BCUT2D eigenvalue weighted by Gasteiger charge is -2.31. The van der Waals surface area contributed by atoms with Crippen molar-refractivity contribution in [1.82, 2.24) is 20.4 Å². The number of aromatic nitrogens is 2. The second kappa shape index (κ2) is 11.0. The van der Waals surface area contributed by atoms with Gasteiger partial charge in [-0.05, 0) is 49.6 Å². The fourth-order valence-electron chi connectivity index (χ4n) is 4.84. The standard InChI is InChI=1S/C27H33N5O3/c1-20-5-2-3-7-24(20)26-29-25(35-30-26)19-31-12-4-6-22(18-31)27(33)28-17-21-8-10-23(11-9-21)32-13-15-34-16-14-32/h2-3,5,7-11,22H,4,6,12-19H2,1H3,(H,28,33). The van der Waals surface area contributed by atoms with E-state index in [-0.39, 0.29) is 11.8 Å². The average molecular weight is 476 g/mol. The van der Waals surface area contributed by atoms with Crippen molar-refractivity contribution in [3.8, 4) is 11.4 Å². The second-order valence-corrected chi connectivity index (χ2v) is 9.38. The zero-order valence-corrected chi connectivity index (χ0v) is 20.3. The second-order valence-electron chi connectivity index (χ2n) is 9.38. The van der Waals surface area contributed by atoms with Crippen molar-refractivity contribution in [3.05, 3.63) is 65.5 Å². The first-order valence-electron chi connectivity index (χ1n) is 12.5. The van der Waals surface area contributed by atoms with Crippen molar-refractivity contribution in [2.45, 2.75) is 32.9 Å². The van der Waals surface area contributed by atoms with Crippen molar-refractivity contribution in [1.29, 1.82) is 0 Å². The highest BCUT2D eigenvalue weighted by Gasteiger charge is 2.27. The Morgan fingerprint density at radius 2 is 1.89 bits per heavy atom. The summed E-state index contributed by atoms with van der Waals surface area (Å²) in [5, 5.41) is 7.30. The molecule has 1 atom stereocenters. The molecule has 3 aromatic rings. The Bertz CT molecular complexity index is 1120. The molecule has 1 amide bonds. The van der Waals surface area contributed by atoms with E-state index in [1.165, 1.54) is 5.69 Å². The summed E-state index contributed by atoms with van der Waals surface area (Å²) >= 11 is 0. The van der Waals surface area contributed by atoms with E-state index in [0.29, 0.717) is 31.3 Å². The third-order valence-electron chi connectivity index (χ3n) is 6.87. The van der Waals surface area contributed by atoms with Crippen LogP contribution in [0.5, 0.6) is 0 Å². The first kappa shape index (κ1) is 23.5. The van der Waals surface area contributed by atoms with E-state index in [1.807, 2.05) is 31.2 Å². The molecular weight excluding hydrogens is 442 g/mol. The third-order valence-corrected chi connectivity index (χ3v) is 6.87. The van der Waals surface area contributed by atoms with Crippen LogP contribution >= 0.6 is 0 Å². The van der Waals surface area contributed by atoms with E-state index in [1.54, 1.807) is 0 Å². The molecule has 5 rings (SSSR count). The van der Waals surface area contributed by atoms with Crippen molar-refractivity contribution in [2.24, 2.45) is 5.92 Å². The van der Waals surface area contributed by atoms with Gasteiger partial charge in [0.15, 0.2) is 0 Å². The van der Waals surface area contributed by atoms with Gasteiger partial charge in [-0.25, -0.2) is 0 Å². The summed E-state index contributed by atoms with van der Waals surface area (Å²) in [5.74, 6) is 1.28. The number of carbonyl (C=O) groups is 1. The molecule has 184 valence electrons. The Hall–Kier alpha value is -3.23. The zero-order valence-electron chi connectivity index (χ0n) is 20.3. The predicted octanol–water partition coefficient (Wildman–Crippen LogP) is 3.41. The summed E-state index contributed by atoms with van der Waals surface area (Å²) in [6.07, 6.45) is 1.88. The fourth-order valence-corrected chi connectivity index (χ4v) is 4.84. The number of rotatable bonds is 7. The maximum absolute atomic E-state index is 12.9. The van der Waals surface area contributed by atoms with Crippen LogP contribution in [0.4, 0.5) is 5.69 Å². The van der Waals surface area contributed by atoms with Crippen molar-refractivity contribution >= 4 is 11.6 Å². The van der Waals surface area contributed by atoms with Gasteiger partial charge >= 0.3 is 0 Å². The molecule has 0 saturated carbocycles. The van der Waals surface area contributed by atoms with Crippen molar-refractivity contribution in [2.75, 3.05) is 44.3 Å². The molecular formula is C27H33N5O3. The minimum atomic E-state index is -0.0323. The lowest BCUT2D eigenvalue weighted by atomic mass is 9.97. The Balaban J connectivity index is 1.12. The van der Waals surface area contributed by atoms with Gasteiger partial charge in [-0.1, -0.05) is 41.6 Å². The Morgan fingerprint density at radius 1 is 1.09 bits per heavy atom. The molecule has 2 aliphatic rings. The molecule has 35 heavy (non-hydrogen) atoms. The van der Waals surface area contributed by atoms with Crippen LogP contribution < -0.4 is 10.2 Å². The minimum Gasteiger partial charge on any atom is -0.378 e. The number of piperidine rings is 1. The molecule has 8 nitrogen and oxygen atoms in total. The molecule has 2 saturated heterocycles. The zero-order chi connectivity index (χ0) is 24.0. The number of nitrogens with zero attached hydrogens (tertiary/aromatic N) is 4. The van der Waals surface area contributed by atoms with Crippen LogP contribution in [0.2, 0.25) is 0 Å². The van der Waals surface area contributed by atoms with Crippen LogP contribution in [-0.2, 0) is 22.6 Å². The number of amides is 1. The Morgan fingerprint density at radius 3 is 2.69 bits per heavy atom. The van der Waals surface area contributed by atoms with Gasteiger partial charge in [0, 0.05) is 37.4 Å². The lowest BCUT2D eigenvalue weighted by molar-refractivity contribution is -0.127. The van der Waals surface area contributed by atoms with Crippen molar-refractivity contribution < 1.29 is 14.1 Å². The molecule has 2 fully saturated rings. The van der Waals surface area contributed by atoms with Crippen LogP contribution in [0.3, 0.4) is 0 Å². The lowest BCUT2D eigenvalue weighted by Crippen LogP contribution is -2.42. The van der Waals surface area contributed by atoms with E-state index in [4.69, 9.17) is 9.26 Å². The number of aryl methyl sites for hydroxylation is 1. The minimum absolute atomic E-state index is 0.0323. The summed E-state index contributed by atoms with van der Waals surface area (Å²) in [4.78, 5) is 22.1. The van der Waals surface area contributed by atoms with Crippen LogP contribution in [0.25, 0.3) is 11.4 Å². The average Bonchev–Trinajstić information content (AvgIpc) is 3.36. The predicted molar refractivity (Wildman–Crippen MR) is 134 cm³/mol. The number of hydrogen-bond donors (Lipinski definition) is 1. The number of anilines is 1.